The highest BCUT2D eigenvalue weighted by Gasteiger charge is 2.33. The molecule has 7 nitrogen and oxygen atoms in total. The van der Waals surface area contributed by atoms with E-state index in [9.17, 15) is 9.59 Å². The third kappa shape index (κ3) is 4.86. The summed E-state index contributed by atoms with van der Waals surface area (Å²) in [5.41, 5.74) is 1.54. The number of esters is 1. The monoisotopic (exact) mass is 717 g/mol. The first-order chi connectivity index (χ1) is 16.3. The molecule has 0 radical (unpaired) electrons. The van der Waals surface area contributed by atoms with Gasteiger partial charge < -0.3 is 9.47 Å². The maximum absolute atomic E-state index is 13.6. The highest BCUT2D eigenvalue weighted by atomic mass is 127. The Morgan fingerprint density at radius 3 is 2.71 bits per heavy atom. The zero-order chi connectivity index (χ0) is 24.4. The second kappa shape index (κ2) is 10.7. The van der Waals surface area contributed by atoms with Crippen LogP contribution in [0.25, 0.3) is 6.08 Å². The number of aromatic nitrogens is 1. The van der Waals surface area contributed by atoms with E-state index in [2.05, 4.69) is 50.2 Å². The van der Waals surface area contributed by atoms with Crippen molar-refractivity contribution >= 4 is 79.9 Å². The summed E-state index contributed by atoms with van der Waals surface area (Å²) in [5, 5.41) is 10.7. The summed E-state index contributed by atoms with van der Waals surface area (Å²) in [4.78, 5) is 32.4. The molecule has 0 saturated carbocycles. The van der Waals surface area contributed by atoms with Crippen LogP contribution < -0.4 is 19.6 Å². The third-order valence-corrected chi connectivity index (χ3v) is 8.44. The number of nitrogens with zero attached hydrogens (tertiary/aromatic N) is 3. The molecule has 1 aliphatic rings. The van der Waals surface area contributed by atoms with E-state index >= 15 is 0 Å². The summed E-state index contributed by atoms with van der Waals surface area (Å²) in [5.74, 6) is 0.183. The fraction of sp³-hybridized carbons (Fsp3) is 0.217. The zero-order valence-electron chi connectivity index (χ0n) is 18.0. The molecule has 3 heterocycles. The molecule has 1 aromatic carbocycles. The molecule has 1 atom stereocenters. The van der Waals surface area contributed by atoms with Gasteiger partial charge in [0.1, 0.15) is 17.9 Å². The van der Waals surface area contributed by atoms with Crippen molar-refractivity contribution in [2.24, 2.45) is 4.99 Å². The highest BCUT2D eigenvalue weighted by molar-refractivity contribution is 14.1. The third-order valence-electron chi connectivity index (χ3n) is 4.93. The van der Waals surface area contributed by atoms with Gasteiger partial charge in [-0.3, -0.25) is 9.36 Å². The molecule has 0 saturated heterocycles. The summed E-state index contributed by atoms with van der Waals surface area (Å²) in [6.45, 7) is 3.73. The van der Waals surface area contributed by atoms with Gasteiger partial charge in [0.15, 0.2) is 11.4 Å². The van der Waals surface area contributed by atoms with Crippen LogP contribution in [0.1, 0.15) is 30.3 Å². The van der Waals surface area contributed by atoms with Crippen molar-refractivity contribution in [2.45, 2.75) is 19.9 Å². The quantitative estimate of drug-likeness (QED) is 0.285. The molecule has 34 heavy (non-hydrogen) atoms. The van der Waals surface area contributed by atoms with E-state index in [1.807, 2.05) is 41.8 Å². The van der Waals surface area contributed by atoms with Crippen LogP contribution in [0.15, 0.2) is 50.7 Å². The lowest BCUT2D eigenvalue weighted by atomic mass is 10.0. The van der Waals surface area contributed by atoms with Gasteiger partial charge in [-0.25, -0.2) is 9.79 Å². The Labute approximate surface area is 230 Å². The van der Waals surface area contributed by atoms with Crippen molar-refractivity contribution in [3.8, 4) is 11.8 Å². The van der Waals surface area contributed by atoms with E-state index in [1.165, 1.54) is 22.7 Å². The molecule has 0 amide bonds. The molecule has 3 aromatic rings. The minimum Gasteiger partial charge on any atom is -0.477 e. The lowest BCUT2D eigenvalue weighted by Gasteiger charge is -2.23. The minimum absolute atomic E-state index is 0.0329. The molecule has 11 heteroatoms. The van der Waals surface area contributed by atoms with Crippen molar-refractivity contribution in [2.75, 3.05) is 13.2 Å². The van der Waals surface area contributed by atoms with Gasteiger partial charge in [-0.15, -0.1) is 11.3 Å². The summed E-state index contributed by atoms with van der Waals surface area (Å²) in [6.07, 6.45) is 1.82. The predicted molar refractivity (Wildman–Crippen MR) is 148 cm³/mol. The van der Waals surface area contributed by atoms with Gasteiger partial charge in [0.25, 0.3) is 5.56 Å². The molecule has 0 aliphatic carbocycles. The number of carbonyl (C=O) groups is 1. The number of hydrogen-bond acceptors (Lipinski definition) is 8. The van der Waals surface area contributed by atoms with Gasteiger partial charge in [-0.2, -0.15) is 5.26 Å². The average Bonchev–Trinajstić information content (AvgIpc) is 3.41. The van der Waals surface area contributed by atoms with Crippen molar-refractivity contribution < 1.29 is 14.3 Å². The molecule has 0 unspecified atom stereocenters. The molecule has 2 aromatic heterocycles. The maximum Gasteiger partial charge on any atom is 0.338 e. The number of benzene rings is 1. The first kappa shape index (κ1) is 25.1. The van der Waals surface area contributed by atoms with Crippen LogP contribution in [0.2, 0.25) is 0 Å². The summed E-state index contributed by atoms with van der Waals surface area (Å²) in [6, 6.07) is 9.00. The van der Waals surface area contributed by atoms with Crippen LogP contribution in [0.5, 0.6) is 5.75 Å². The number of thiophene rings is 1. The van der Waals surface area contributed by atoms with E-state index in [-0.39, 0.29) is 18.8 Å². The molecule has 0 spiro atoms. The van der Waals surface area contributed by atoms with Gasteiger partial charge in [0.05, 0.1) is 29.5 Å². The lowest BCUT2D eigenvalue weighted by Crippen LogP contribution is -2.39. The minimum atomic E-state index is -0.584. The summed E-state index contributed by atoms with van der Waals surface area (Å²) < 4.78 is 14.6. The molecule has 1 aliphatic heterocycles. The first-order valence-electron chi connectivity index (χ1n) is 10.1. The molecule has 0 N–H and O–H groups in total. The SMILES string of the molecule is CCOC(=O)C1=C(C)N=c2s/c(=C\c3cc(I)c(OCC#N)c(I)c3)c(=O)n2[C@@H]1c1cccs1. The van der Waals surface area contributed by atoms with E-state index in [0.717, 1.165) is 17.6 Å². The summed E-state index contributed by atoms with van der Waals surface area (Å²) >= 11 is 7.08. The van der Waals surface area contributed by atoms with Crippen LogP contribution in [0, 0.1) is 18.5 Å². The molecule has 4 rings (SSSR count). The van der Waals surface area contributed by atoms with Gasteiger partial charge in [-0.1, -0.05) is 17.4 Å². The number of fused-ring (bicyclic) bond motifs is 1. The molecule has 0 fully saturated rings. The van der Waals surface area contributed by atoms with Crippen LogP contribution in [0.3, 0.4) is 0 Å². The smallest absolute Gasteiger partial charge is 0.338 e. The number of carbonyl (C=O) groups excluding carboxylic acids is 1. The van der Waals surface area contributed by atoms with Gasteiger partial charge in [0.2, 0.25) is 0 Å². The fourth-order valence-electron chi connectivity index (χ4n) is 3.56. The van der Waals surface area contributed by atoms with Crippen molar-refractivity contribution in [1.29, 1.82) is 5.26 Å². The Kier molecular flexibility index (Phi) is 7.90. The summed E-state index contributed by atoms with van der Waals surface area (Å²) in [7, 11) is 0. The first-order valence-corrected chi connectivity index (χ1v) is 13.9. The van der Waals surface area contributed by atoms with Gasteiger partial charge >= 0.3 is 5.97 Å². The molecule has 174 valence electrons. The van der Waals surface area contributed by atoms with Crippen molar-refractivity contribution in [1.82, 2.24) is 4.57 Å². The topological polar surface area (TPSA) is 93.7 Å². The molecular formula is C23H17I2N3O4S2. The highest BCUT2D eigenvalue weighted by Crippen LogP contribution is 2.33. The normalized spacial score (nSPS) is 15.5. The Bertz CT molecular complexity index is 1490. The fourth-order valence-corrected chi connectivity index (χ4v) is 7.56. The van der Waals surface area contributed by atoms with Gasteiger partial charge in [0, 0.05) is 4.88 Å². The second-order valence-electron chi connectivity index (χ2n) is 7.08. The Morgan fingerprint density at radius 2 is 2.09 bits per heavy atom. The van der Waals surface area contributed by atoms with E-state index in [0.29, 0.717) is 26.4 Å². The Morgan fingerprint density at radius 1 is 1.35 bits per heavy atom. The van der Waals surface area contributed by atoms with E-state index < -0.39 is 12.0 Å². The Balaban J connectivity index is 1.87. The number of rotatable bonds is 6. The van der Waals surface area contributed by atoms with Crippen LogP contribution >= 0.6 is 67.9 Å². The average molecular weight is 717 g/mol. The van der Waals surface area contributed by atoms with Crippen molar-refractivity contribution in [3.63, 3.8) is 0 Å². The second-order valence-corrected chi connectivity index (χ2v) is 11.4. The number of hydrogen-bond donors (Lipinski definition) is 0. The molecule has 0 bridgehead atoms. The number of allylic oxidation sites excluding steroid dienone is 1. The van der Waals surface area contributed by atoms with E-state index in [4.69, 9.17) is 14.7 Å². The largest absolute Gasteiger partial charge is 0.477 e. The number of halogens is 2. The number of thiazole rings is 1. The lowest BCUT2D eigenvalue weighted by molar-refractivity contribution is -0.139. The van der Waals surface area contributed by atoms with Gasteiger partial charge in [-0.05, 0) is 94.2 Å². The number of ether oxygens (including phenoxy) is 2. The molecular weight excluding hydrogens is 700 g/mol. The van der Waals surface area contributed by atoms with E-state index in [1.54, 1.807) is 18.4 Å². The maximum atomic E-state index is 13.6. The van der Waals surface area contributed by atoms with Crippen LogP contribution in [0.4, 0.5) is 0 Å². The number of nitriles is 1. The zero-order valence-corrected chi connectivity index (χ0v) is 24.0. The van der Waals surface area contributed by atoms with Crippen LogP contribution in [-0.4, -0.2) is 23.8 Å². The van der Waals surface area contributed by atoms with Crippen LogP contribution in [-0.2, 0) is 9.53 Å². The standard InChI is InChI=1S/C23H17I2N3O4S2/c1-3-31-22(30)18-12(2)27-23-28(19(18)16-5-4-8-33-16)21(29)17(34-23)11-13-9-14(24)20(15(25)10-13)32-7-6-26/h4-5,8-11,19H,3,7H2,1-2H3/b17-11-/t19-/m1/s1. The predicted octanol–water partition coefficient (Wildman–Crippen LogP) is 3.97. The van der Waals surface area contributed by atoms with Crippen molar-refractivity contribution in [3.05, 3.63) is 78.2 Å². The Hall–Kier alpha value is -2.02.